The first-order valence-electron chi connectivity index (χ1n) is 6.52. The molecule has 2 aromatic rings. The zero-order valence-corrected chi connectivity index (χ0v) is 13.5. The van der Waals surface area contributed by atoms with Crippen molar-refractivity contribution in [1.82, 2.24) is 4.98 Å². The third kappa shape index (κ3) is 4.95. The fourth-order valence-electron chi connectivity index (χ4n) is 1.61. The molecule has 122 valence electrons. The number of benzene rings is 1. The highest BCUT2D eigenvalue weighted by Crippen LogP contribution is 2.32. The van der Waals surface area contributed by atoms with Gasteiger partial charge in [-0.3, -0.25) is 4.79 Å². The molecule has 1 heterocycles. The van der Waals surface area contributed by atoms with Crippen LogP contribution in [0.15, 0.2) is 42.6 Å². The van der Waals surface area contributed by atoms with Crippen molar-refractivity contribution in [2.75, 3.05) is 5.32 Å². The molecule has 1 atom stereocenters. The molecule has 0 fully saturated rings. The monoisotopic (exact) mass is 388 g/mol. The Hall–Kier alpha value is -2.09. The summed E-state index contributed by atoms with van der Waals surface area (Å²) in [6.07, 6.45) is -3.08. The minimum absolute atomic E-state index is 0.0261. The molecule has 0 bridgehead atoms. The van der Waals surface area contributed by atoms with Gasteiger partial charge < -0.3 is 10.1 Å². The van der Waals surface area contributed by atoms with Gasteiger partial charge in [0.05, 0.1) is 22.3 Å². The Morgan fingerprint density at radius 1 is 1.30 bits per heavy atom. The molecule has 0 aliphatic rings. The Morgan fingerprint density at radius 2 is 2.04 bits per heavy atom. The van der Waals surface area contributed by atoms with E-state index < -0.39 is 11.7 Å². The first-order valence-corrected chi connectivity index (χ1v) is 7.43. The molecule has 23 heavy (non-hydrogen) atoms. The zero-order valence-electron chi connectivity index (χ0n) is 11.9. The van der Waals surface area contributed by atoms with Crippen LogP contribution in [0.1, 0.15) is 12.5 Å². The quantitative estimate of drug-likeness (QED) is 0.777. The van der Waals surface area contributed by atoms with Crippen LogP contribution in [-0.4, -0.2) is 15.7 Å². The van der Waals surface area contributed by atoms with Gasteiger partial charge in [0.15, 0.2) is 0 Å². The molecule has 1 amide bonds. The summed E-state index contributed by atoms with van der Waals surface area (Å²) < 4.78 is 43.2. The summed E-state index contributed by atoms with van der Waals surface area (Å²) in [5, 5.41) is 2.61. The van der Waals surface area contributed by atoms with Crippen molar-refractivity contribution in [3.63, 3.8) is 0 Å². The number of carbonyl (C=O) groups is 1. The highest BCUT2D eigenvalue weighted by molar-refractivity contribution is 9.10. The van der Waals surface area contributed by atoms with Crippen LogP contribution in [-0.2, 0) is 11.0 Å². The number of hydrogen-bond acceptors (Lipinski definition) is 3. The first kappa shape index (κ1) is 17.3. The molecule has 1 aromatic heterocycles. The van der Waals surface area contributed by atoms with Crippen LogP contribution in [0.3, 0.4) is 0 Å². The van der Waals surface area contributed by atoms with Crippen molar-refractivity contribution in [2.45, 2.75) is 17.9 Å². The van der Waals surface area contributed by atoms with E-state index in [1.165, 1.54) is 24.4 Å². The lowest BCUT2D eigenvalue weighted by Crippen LogP contribution is -2.19. The Kier molecular flexibility index (Phi) is 5.25. The van der Waals surface area contributed by atoms with Gasteiger partial charge in [-0.1, -0.05) is 22.0 Å². The van der Waals surface area contributed by atoms with E-state index in [0.29, 0.717) is 5.69 Å². The van der Waals surface area contributed by atoms with E-state index in [9.17, 15) is 18.0 Å². The number of hydrogen-bond donors (Lipinski definition) is 1. The summed E-state index contributed by atoms with van der Waals surface area (Å²) in [6, 6.07) is 7.51. The highest BCUT2D eigenvalue weighted by atomic mass is 79.9. The van der Waals surface area contributed by atoms with E-state index in [0.717, 1.165) is 12.1 Å². The van der Waals surface area contributed by atoms with Crippen molar-refractivity contribution in [2.24, 2.45) is 0 Å². The maximum atomic E-state index is 12.6. The van der Waals surface area contributed by atoms with Crippen molar-refractivity contribution in [1.29, 1.82) is 0 Å². The SMILES string of the molecule is C[C@H](Br)C(=O)Nc1ccc(Oc2cccc(C(F)(F)F)c2)nc1. The van der Waals surface area contributed by atoms with Crippen molar-refractivity contribution in [3.05, 3.63) is 48.2 Å². The fourth-order valence-corrected chi connectivity index (χ4v) is 1.73. The lowest BCUT2D eigenvalue weighted by molar-refractivity contribution is -0.137. The third-order valence-corrected chi connectivity index (χ3v) is 3.16. The Morgan fingerprint density at radius 3 is 2.61 bits per heavy atom. The van der Waals surface area contributed by atoms with Gasteiger partial charge in [0, 0.05) is 6.07 Å². The number of ether oxygens (including phenoxy) is 1. The van der Waals surface area contributed by atoms with Crippen LogP contribution in [0.2, 0.25) is 0 Å². The molecular weight excluding hydrogens is 377 g/mol. The largest absolute Gasteiger partial charge is 0.439 e. The average Bonchev–Trinajstić information content (AvgIpc) is 2.48. The number of anilines is 1. The second-order valence-electron chi connectivity index (χ2n) is 4.62. The predicted octanol–water partition coefficient (Wildman–Crippen LogP) is 4.61. The third-order valence-electron chi connectivity index (χ3n) is 2.75. The van der Waals surface area contributed by atoms with E-state index in [1.54, 1.807) is 13.0 Å². The number of nitrogens with zero attached hydrogens (tertiary/aromatic N) is 1. The molecule has 0 aliphatic carbocycles. The van der Waals surface area contributed by atoms with Gasteiger partial charge in [0.1, 0.15) is 5.75 Å². The maximum Gasteiger partial charge on any atom is 0.416 e. The van der Waals surface area contributed by atoms with E-state index in [-0.39, 0.29) is 22.4 Å². The number of rotatable bonds is 4. The first-order chi connectivity index (χ1) is 10.8. The number of halogens is 4. The lowest BCUT2D eigenvalue weighted by Gasteiger charge is -2.10. The number of aromatic nitrogens is 1. The minimum Gasteiger partial charge on any atom is -0.439 e. The van der Waals surface area contributed by atoms with Crippen LogP contribution in [0.25, 0.3) is 0 Å². The summed E-state index contributed by atoms with van der Waals surface area (Å²) in [7, 11) is 0. The number of carbonyl (C=O) groups excluding carboxylic acids is 1. The molecule has 8 heteroatoms. The molecule has 1 aromatic carbocycles. The molecule has 0 radical (unpaired) electrons. The van der Waals surface area contributed by atoms with Crippen LogP contribution in [0, 0.1) is 0 Å². The zero-order chi connectivity index (χ0) is 17.0. The second-order valence-corrected chi connectivity index (χ2v) is 5.99. The van der Waals surface area contributed by atoms with Gasteiger partial charge in [0.25, 0.3) is 0 Å². The number of pyridine rings is 1. The normalized spacial score (nSPS) is 12.6. The van der Waals surface area contributed by atoms with E-state index in [4.69, 9.17) is 4.74 Å². The maximum absolute atomic E-state index is 12.6. The standard InChI is InChI=1S/C15H12BrF3N2O2/c1-9(16)14(22)21-11-5-6-13(20-8-11)23-12-4-2-3-10(7-12)15(17,18)19/h2-9H,1H3,(H,21,22)/t9-/m0/s1. The van der Waals surface area contributed by atoms with Crippen LogP contribution in [0.5, 0.6) is 11.6 Å². The van der Waals surface area contributed by atoms with Gasteiger partial charge >= 0.3 is 6.18 Å². The summed E-state index contributed by atoms with van der Waals surface area (Å²) >= 11 is 3.13. The topological polar surface area (TPSA) is 51.2 Å². The van der Waals surface area contributed by atoms with Crippen LogP contribution < -0.4 is 10.1 Å². The van der Waals surface area contributed by atoms with Crippen molar-refractivity contribution in [3.8, 4) is 11.6 Å². The van der Waals surface area contributed by atoms with Gasteiger partial charge in [-0.25, -0.2) is 4.98 Å². The second kappa shape index (κ2) is 6.99. The van der Waals surface area contributed by atoms with Crippen molar-refractivity contribution < 1.29 is 22.7 Å². The smallest absolute Gasteiger partial charge is 0.416 e. The highest BCUT2D eigenvalue weighted by Gasteiger charge is 2.30. The van der Waals surface area contributed by atoms with Gasteiger partial charge in [0.2, 0.25) is 11.8 Å². The van der Waals surface area contributed by atoms with Gasteiger partial charge in [-0.2, -0.15) is 13.2 Å². The molecule has 0 saturated carbocycles. The summed E-state index contributed by atoms with van der Waals surface area (Å²) in [5.74, 6) is -0.0919. The minimum atomic E-state index is -4.44. The number of nitrogens with one attached hydrogen (secondary N) is 1. The molecule has 2 rings (SSSR count). The molecule has 0 saturated heterocycles. The molecule has 0 aliphatic heterocycles. The summed E-state index contributed by atoms with van der Waals surface area (Å²) in [5.41, 5.74) is -0.345. The van der Waals surface area contributed by atoms with Gasteiger partial charge in [-0.15, -0.1) is 0 Å². The predicted molar refractivity (Wildman–Crippen MR) is 82.8 cm³/mol. The van der Waals surface area contributed by atoms with Crippen LogP contribution >= 0.6 is 15.9 Å². The number of alkyl halides is 4. The summed E-state index contributed by atoms with van der Waals surface area (Å²) in [6.45, 7) is 1.67. The molecule has 0 spiro atoms. The number of amides is 1. The lowest BCUT2D eigenvalue weighted by atomic mass is 10.2. The molecule has 0 unspecified atom stereocenters. The van der Waals surface area contributed by atoms with E-state index >= 15 is 0 Å². The Bertz CT molecular complexity index is 688. The average molecular weight is 389 g/mol. The van der Waals surface area contributed by atoms with Gasteiger partial charge in [-0.05, 0) is 31.2 Å². The Balaban J connectivity index is 2.08. The molecular formula is C15H12BrF3N2O2. The van der Waals surface area contributed by atoms with E-state index in [2.05, 4.69) is 26.2 Å². The van der Waals surface area contributed by atoms with Crippen LogP contribution in [0.4, 0.5) is 18.9 Å². The molecule has 1 N–H and O–H groups in total. The van der Waals surface area contributed by atoms with Crippen molar-refractivity contribution >= 4 is 27.5 Å². The fraction of sp³-hybridized carbons (Fsp3) is 0.200. The summed E-state index contributed by atoms with van der Waals surface area (Å²) in [4.78, 5) is 15.1. The Labute approximate surface area is 138 Å². The van der Waals surface area contributed by atoms with E-state index in [1.807, 2.05) is 0 Å². The molecule has 4 nitrogen and oxygen atoms in total.